The molecule has 4 aromatic rings. The summed E-state index contributed by atoms with van der Waals surface area (Å²) in [5.41, 5.74) is 0.597. The van der Waals surface area contributed by atoms with Crippen LogP contribution in [0.2, 0.25) is 10.0 Å². The van der Waals surface area contributed by atoms with Crippen molar-refractivity contribution in [1.82, 2.24) is 20.4 Å². The minimum atomic E-state index is -4.63. The molecule has 2 unspecified atom stereocenters. The zero-order chi connectivity index (χ0) is 36.3. The van der Waals surface area contributed by atoms with Crippen LogP contribution in [0.15, 0.2) is 91.0 Å². The van der Waals surface area contributed by atoms with Gasteiger partial charge in [0.2, 0.25) is 5.78 Å². The number of ketones is 1. The number of benzene rings is 4. The lowest BCUT2D eigenvalue weighted by Crippen LogP contribution is -2.53. The summed E-state index contributed by atoms with van der Waals surface area (Å²) in [5.74, 6) is -0.453. The molecule has 0 bridgehead atoms. The first-order valence-electron chi connectivity index (χ1n) is 16.8. The largest absolute Gasteiger partial charge is 0.491 e. The number of nitrogens with zero attached hydrogens (tertiary/aromatic N) is 2. The van der Waals surface area contributed by atoms with E-state index in [-0.39, 0.29) is 17.1 Å². The van der Waals surface area contributed by atoms with E-state index >= 15 is 4.79 Å². The van der Waals surface area contributed by atoms with Crippen LogP contribution < -0.4 is 15.4 Å². The van der Waals surface area contributed by atoms with E-state index < -0.39 is 35.6 Å². The molecule has 12 heteroatoms. The Bertz CT molecular complexity index is 1780. The molecular formula is C39H39Cl2F3N4O3. The number of piperazine rings is 1. The fraction of sp³-hybridized carbons (Fsp3) is 0.333. The Morgan fingerprint density at radius 3 is 1.86 bits per heavy atom. The summed E-state index contributed by atoms with van der Waals surface area (Å²) in [6, 6.07) is 24.0. The summed E-state index contributed by atoms with van der Waals surface area (Å²) in [6.45, 7) is 7.78. The molecule has 268 valence electrons. The highest BCUT2D eigenvalue weighted by Crippen LogP contribution is 2.46. The first-order chi connectivity index (χ1) is 24.4. The van der Waals surface area contributed by atoms with Crippen molar-refractivity contribution in [3.63, 3.8) is 0 Å². The lowest BCUT2D eigenvalue weighted by Gasteiger charge is -2.34. The second-order valence-electron chi connectivity index (χ2n) is 13.2. The fourth-order valence-corrected chi connectivity index (χ4v) is 7.06. The number of carbonyl (C=O) groups excluding carboxylic acids is 2. The van der Waals surface area contributed by atoms with Gasteiger partial charge in [-0.3, -0.25) is 25.2 Å². The molecular weight excluding hydrogens is 700 g/mol. The number of rotatable bonds is 11. The molecule has 0 aromatic heterocycles. The molecule has 7 nitrogen and oxygen atoms in total. The van der Waals surface area contributed by atoms with E-state index in [1.807, 2.05) is 36.4 Å². The van der Waals surface area contributed by atoms with Crippen molar-refractivity contribution in [2.75, 3.05) is 32.7 Å². The highest BCUT2D eigenvalue weighted by Gasteiger charge is 2.53. The van der Waals surface area contributed by atoms with Crippen LogP contribution in [-0.2, 0) is 23.2 Å². The average Bonchev–Trinajstić information content (AvgIpc) is 3.51. The van der Waals surface area contributed by atoms with Gasteiger partial charge in [0.25, 0.3) is 0 Å². The van der Waals surface area contributed by atoms with Crippen LogP contribution in [0.3, 0.4) is 0 Å². The topological polar surface area (TPSA) is 73.9 Å². The highest BCUT2D eigenvalue weighted by molar-refractivity contribution is 6.30. The van der Waals surface area contributed by atoms with Crippen LogP contribution in [0.25, 0.3) is 0 Å². The van der Waals surface area contributed by atoms with E-state index in [4.69, 9.17) is 27.9 Å². The van der Waals surface area contributed by atoms with Crippen molar-refractivity contribution in [3.05, 3.63) is 134 Å². The summed E-state index contributed by atoms with van der Waals surface area (Å²) < 4.78 is 48.1. The Morgan fingerprint density at radius 2 is 1.37 bits per heavy atom. The van der Waals surface area contributed by atoms with Gasteiger partial charge in [-0.2, -0.15) is 13.2 Å². The predicted molar refractivity (Wildman–Crippen MR) is 192 cm³/mol. The molecule has 4 aromatic carbocycles. The lowest BCUT2D eigenvalue weighted by molar-refractivity contribution is -0.137. The van der Waals surface area contributed by atoms with E-state index in [9.17, 15) is 18.0 Å². The normalized spacial score (nSPS) is 21.6. The first-order valence-corrected chi connectivity index (χ1v) is 17.6. The maximum Gasteiger partial charge on any atom is 0.416 e. The van der Waals surface area contributed by atoms with Crippen molar-refractivity contribution in [1.29, 1.82) is 0 Å². The number of hydrogen-bond donors (Lipinski definition) is 2. The summed E-state index contributed by atoms with van der Waals surface area (Å²) >= 11 is 12.5. The number of Topliss-reactive ketones (excluding diaryl/α,β-unsaturated/α-hetero) is 1. The first kappa shape index (κ1) is 37.0. The summed E-state index contributed by atoms with van der Waals surface area (Å²) in [4.78, 5) is 30.4. The van der Waals surface area contributed by atoms with Gasteiger partial charge in [-0.05, 0) is 66.9 Å². The van der Waals surface area contributed by atoms with Crippen molar-refractivity contribution in [2.24, 2.45) is 0 Å². The van der Waals surface area contributed by atoms with Crippen molar-refractivity contribution in [3.8, 4) is 5.75 Å². The van der Waals surface area contributed by atoms with Crippen molar-refractivity contribution < 1.29 is 27.5 Å². The van der Waals surface area contributed by atoms with E-state index in [0.717, 1.165) is 61.3 Å². The minimum absolute atomic E-state index is 0.0647. The van der Waals surface area contributed by atoms with Gasteiger partial charge in [0.15, 0.2) is 5.66 Å². The van der Waals surface area contributed by atoms with Crippen LogP contribution in [0.1, 0.15) is 64.1 Å². The standard InChI is InChI=1S/C39H39Cl2F3N4O3/c1-25(2)51-34-23-30(39(42,43)44)11-16-33(34)38(37(50)29-5-3-26(4-6-29)24-48-19-17-47(18-20-48)21-22-49)45-35(27-7-12-31(40)13-8-27)36(46-38)28-9-14-32(41)15-10-28/h3-16,22-23,25,35-36,45-46H,17-21,24H2,1-2H3. The van der Waals surface area contributed by atoms with Crippen molar-refractivity contribution in [2.45, 2.75) is 50.4 Å². The quantitative estimate of drug-likeness (QED) is 0.120. The molecule has 0 spiro atoms. The van der Waals surface area contributed by atoms with Crippen LogP contribution in [0.4, 0.5) is 13.2 Å². The molecule has 2 saturated heterocycles. The Labute approximate surface area is 305 Å². The van der Waals surface area contributed by atoms with Crippen LogP contribution >= 0.6 is 23.2 Å². The van der Waals surface area contributed by atoms with Gasteiger partial charge in [0.1, 0.15) is 12.0 Å². The monoisotopic (exact) mass is 738 g/mol. The Hall–Kier alpha value is -3.77. The molecule has 0 radical (unpaired) electrons. The number of aldehydes is 1. The number of nitrogens with one attached hydrogen (secondary N) is 2. The third-order valence-electron chi connectivity index (χ3n) is 9.37. The number of halogens is 5. The molecule has 2 fully saturated rings. The van der Waals surface area contributed by atoms with Crippen molar-refractivity contribution >= 4 is 35.3 Å². The van der Waals surface area contributed by atoms with Gasteiger partial charge in [0, 0.05) is 53.9 Å². The number of carbonyl (C=O) groups is 2. The van der Waals surface area contributed by atoms with Gasteiger partial charge >= 0.3 is 6.18 Å². The highest BCUT2D eigenvalue weighted by atomic mass is 35.5. The molecule has 6 rings (SSSR count). The van der Waals surface area contributed by atoms with Gasteiger partial charge < -0.3 is 9.53 Å². The van der Waals surface area contributed by atoms with Crippen LogP contribution in [0.5, 0.6) is 5.75 Å². The Morgan fingerprint density at radius 1 is 0.843 bits per heavy atom. The summed E-state index contributed by atoms with van der Waals surface area (Å²) in [7, 11) is 0. The maximum absolute atomic E-state index is 15.1. The Kier molecular flexibility index (Phi) is 11.2. The van der Waals surface area contributed by atoms with Gasteiger partial charge in [-0.1, -0.05) is 77.8 Å². The number of hydrogen-bond acceptors (Lipinski definition) is 7. The molecule has 2 N–H and O–H groups in total. The SMILES string of the molecule is CC(C)Oc1cc(C(F)(F)F)ccc1C1(C(=O)c2ccc(CN3CCN(CC=O)CC3)cc2)NC(c2ccc(Cl)cc2)C(c2ccc(Cl)cc2)N1. The number of ether oxygens (including phenoxy) is 1. The Balaban J connectivity index is 1.43. The van der Waals surface area contributed by atoms with Gasteiger partial charge in [0.05, 0.1) is 30.3 Å². The predicted octanol–water partition coefficient (Wildman–Crippen LogP) is 7.83. The fourth-order valence-electron chi connectivity index (χ4n) is 6.81. The van der Waals surface area contributed by atoms with E-state index in [1.165, 1.54) is 6.07 Å². The van der Waals surface area contributed by atoms with E-state index in [1.54, 1.807) is 50.2 Å². The van der Waals surface area contributed by atoms with Gasteiger partial charge in [-0.15, -0.1) is 0 Å². The molecule has 2 aliphatic heterocycles. The lowest BCUT2D eigenvalue weighted by atomic mass is 9.88. The number of alkyl halides is 3. The zero-order valence-corrected chi connectivity index (χ0v) is 29.7. The smallest absolute Gasteiger partial charge is 0.416 e. The molecule has 0 saturated carbocycles. The minimum Gasteiger partial charge on any atom is -0.491 e. The average molecular weight is 740 g/mol. The third-order valence-corrected chi connectivity index (χ3v) is 9.88. The molecule has 0 aliphatic carbocycles. The maximum atomic E-state index is 15.1. The zero-order valence-electron chi connectivity index (χ0n) is 28.2. The van der Waals surface area contributed by atoms with E-state index in [2.05, 4.69) is 20.4 Å². The second-order valence-corrected chi connectivity index (χ2v) is 14.1. The molecule has 2 aliphatic rings. The van der Waals surface area contributed by atoms with E-state index in [0.29, 0.717) is 28.7 Å². The van der Waals surface area contributed by atoms with Gasteiger partial charge in [-0.25, -0.2) is 0 Å². The molecule has 2 atom stereocenters. The molecule has 51 heavy (non-hydrogen) atoms. The summed E-state index contributed by atoms with van der Waals surface area (Å²) in [5, 5.41) is 8.17. The third kappa shape index (κ3) is 8.32. The van der Waals surface area contributed by atoms with Crippen LogP contribution in [-0.4, -0.2) is 60.7 Å². The molecule has 0 amide bonds. The molecule has 2 heterocycles. The second kappa shape index (κ2) is 15.5. The summed E-state index contributed by atoms with van der Waals surface area (Å²) in [6.07, 6.45) is -4.19. The van der Waals surface area contributed by atoms with Crippen LogP contribution in [0, 0.1) is 0 Å².